The van der Waals surface area contributed by atoms with Crippen molar-refractivity contribution < 1.29 is 14.3 Å². The molecule has 106 valence electrons. The van der Waals surface area contributed by atoms with Gasteiger partial charge in [-0.3, -0.25) is 0 Å². The highest BCUT2D eigenvalue weighted by Crippen LogP contribution is 2.27. The summed E-state index contributed by atoms with van der Waals surface area (Å²) in [6, 6.07) is 4.71. The Morgan fingerprint density at radius 2 is 2.00 bits per heavy atom. The van der Waals surface area contributed by atoms with Crippen molar-refractivity contribution in [3.8, 4) is 5.75 Å². The van der Waals surface area contributed by atoms with E-state index < -0.39 is 11.6 Å². The molecule has 0 radical (unpaired) electrons. The van der Waals surface area contributed by atoms with E-state index >= 15 is 0 Å². The Hall–Kier alpha value is -1.42. The van der Waals surface area contributed by atoms with Crippen LogP contribution in [-0.4, -0.2) is 24.7 Å². The lowest BCUT2D eigenvalue weighted by Crippen LogP contribution is -2.34. The average Bonchev–Trinajstić information content (AvgIpc) is 2.29. The van der Waals surface area contributed by atoms with E-state index in [1.807, 2.05) is 20.8 Å². The summed E-state index contributed by atoms with van der Waals surface area (Å²) in [5.41, 5.74) is 0.130. The quantitative estimate of drug-likeness (QED) is 0.860. The molecular formula is C14H20ClNO3. The van der Waals surface area contributed by atoms with Gasteiger partial charge in [0.25, 0.3) is 0 Å². The van der Waals surface area contributed by atoms with Crippen LogP contribution < -0.4 is 10.1 Å². The van der Waals surface area contributed by atoms with Crippen LogP contribution >= 0.6 is 11.6 Å². The standard InChI is InChI=1S/C14H20ClNO3/c1-9(13(17)19-14(2,3)4)16-12-8-10(18-5)6-7-11(12)15/h6-9,16H,1-5H3. The Labute approximate surface area is 119 Å². The third kappa shape index (κ3) is 4.99. The first-order valence-electron chi connectivity index (χ1n) is 6.06. The number of methoxy groups -OCH3 is 1. The third-order valence-corrected chi connectivity index (χ3v) is 2.64. The molecule has 0 amide bonds. The number of hydrogen-bond donors (Lipinski definition) is 1. The van der Waals surface area contributed by atoms with Crippen LogP contribution in [0.1, 0.15) is 27.7 Å². The van der Waals surface area contributed by atoms with Crippen molar-refractivity contribution in [1.82, 2.24) is 0 Å². The number of halogens is 1. The fourth-order valence-electron chi connectivity index (χ4n) is 1.42. The second-order valence-corrected chi connectivity index (χ2v) is 5.65. The van der Waals surface area contributed by atoms with Gasteiger partial charge in [0.05, 0.1) is 17.8 Å². The van der Waals surface area contributed by atoms with Crippen molar-refractivity contribution in [1.29, 1.82) is 0 Å². The van der Waals surface area contributed by atoms with Crippen LogP contribution in [0, 0.1) is 0 Å². The van der Waals surface area contributed by atoms with E-state index in [1.165, 1.54) is 0 Å². The number of benzene rings is 1. The Balaban J connectivity index is 2.76. The molecule has 0 aliphatic rings. The smallest absolute Gasteiger partial charge is 0.328 e. The average molecular weight is 286 g/mol. The van der Waals surface area contributed by atoms with Gasteiger partial charge in [-0.1, -0.05) is 11.6 Å². The zero-order valence-electron chi connectivity index (χ0n) is 11.9. The second kappa shape index (κ2) is 6.15. The highest BCUT2D eigenvalue weighted by molar-refractivity contribution is 6.33. The van der Waals surface area contributed by atoms with Crippen LogP contribution in [0.25, 0.3) is 0 Å². The molecule has 0 spiro atoms. The summed E-state index contributed by atoms with van der Waals surface area (Å²) in [4.78, 5) is 11.9. The number of carbonyl (C=O) groups excluding carboxylic acids is 1. The van der Waals surface area contributed by atoms with E-state index in [0.29, 0.717) is 16.5 Å². The van der Waals surface area contributed by atoms with E-state index in [4.69, 9.17) is 21.1 Å². The number of ether oxygens (including phenoxy) is 2. The first kappa shape index (κ1) is 15.6. The maximum absolute atomic E-state index is 11.9. The molecule has 0 heterocycles. The van der Waals surface area contributed by atoms with Crippen LogP contribution in [0.15, 0.2) is 18.2 Å². The highest BCUT2D eigenvalue weighted by atomic mass is 35.5. The van der Waals surface area contributed by atoms with Gasteiger partial charge in [-0.05, 0) is 39.8 Å². The van der Waals surface area contributed by atoms with Gasteiger partial charge in [-0.2, -0.15) is 0 Å². The minimum atomic E-state index is -0.509. The van der Waals surface area contributed by atoms with Crippen molar-refractivity contribution in [2.75, 3.05) is 12.4 Å². The van der Waals surface area contributed by atoms with Crippen molar-refractivity contribution in [2.24, 2.45) is 0 Å². The van der Waals surface area contributed by atoms with Gasteiger partial charge in [0.2, 0.25) is 0 Å². The molecule has 0 aromatic heterocycles. The zero-order valence-corrected chi connectivity index (χ0v) is 12.7. The molecular weight excluding hydrogens is 266 g/mol. The molecule has 0 fully saturated rings. The molecule has 1 unspecified atom stereocenters. The first-order chi connectivity index (χ1) is 8.73. The van der Waals surface area contributed by atoms with Crippen molar-refractivity contribution >= 4 is 23.3 Å². The zero-order chi connectivity index (χ0) is 14.6. The summed E-state index contributed by atoms with van der Waals surface area (Å²) in [6.45, 7) is 7.21. The number of hydrogen-bond acceptors (Lipinski definition) is 4. The van der Waals surface area contributed by atoms with E-state index in [0.717, 1.165) is 0 Å². The molecule has 1 rings (SSSR count). The minimum absolute atomic E-state index is 0.327. The predicted molar refractivity (Wildman–Crippen MR) is 76.9 cm³/mol. The topological polar surface area (TPSA) is 47.6 Å². The first-order valence-corrected chi connectivity index (χ1v) is 6.43. The monoisotopic (exact) mass is 285 g/mol. The number of esters is 1. The van der Waals surface area contributed by atoms with Crippen molar-refractivity contribution in [2.45, 2.75) is 39.3 Å². The molecule has 0 saturated carbocycles. The molecule has 5 heteroatoms. The maximum atomic E-state index is 11.9. The number of nitrogens with one attached hydrogen (secondary N) is 1. The Bertz CT molecular complexity index is 454. The maximum Gasteiger partial charge on any atom is 0.328 e. The van der Waals surface area contributed by atoms with Crippen LogP contribution in [-0.2, 0) is 9.53 Å². The van der Waals surface area contributed by atoms with Crippen LogP contribution in [0.5, 0.6) is 5.75 Å². The van der Waals surface area contributed by atoms with Gasteiger partial charge in [-0.25, -0.2) is 4.79 Å². The van der Waals surface area contributed by atoms with Crippen LogP contribution in [0.4, 0.5) is 5.69 Å². The fourth-order valence-corrected chi connectivity index (χ4v) is 1.60. The number of rotatable bonds is 4. The molecule has 0 saturated heterocycles. The lowest BCUT2D eigenvalue weighted by atomic mass is 10.2. The number of carbonyl (C=O) groups is 1. The summed E-state index contributed by atoms with van der Waals surface area (Å²) in [5.74, 6) is 0.342. The summed E-state index contributed by atoms with van der Waals surface area (Å²) in [7, 11) is 1.57. The van der Waals surface area contributed by atoms with Gasteiger partial charge in [0, 0.05) is 6.07 Å². The highest BCUT2D eigenvalue weighted by Gasteiger charge is 2.22. The summed E-state index contributed by atoms with van der Waals surface area (Å²) < 4.78 is 10.4. The summed E-state index contributed by atoms with van der Waals surface area (Å²) in [5, 5.41) is 3.55. The molecule has 1 aromatic carbocycles. The van der Waals surface area contributed by atoms with E-state index in [-0.39, 0.29) is 5.97 Å². The van der Waals surface area contributed by atoms with Gasteiger partial charge in [0.1, 0.15) is 17.4 Å². The summed E-state index contributed by atoms with van der Waals surface area (Å²) >= 11 is 6.06. The summed E-state index contributed by atoms with van der Waals surface area (Å²) in [6.07, 6.45) is 0. The van der Waals surface area contributed by atoms with Crippen LogP contribution in [0.3, 0.4) is 0 Å². The van der Waals surface area contributed by atoms with Gasteiger partial charge in [-0.15, -0.1) is 0 Å². The lowest BCUT2D eigenvalue weighted by Gasteiger charge is -2.23. The molecule has 4 nitrogen and oxygen atoms in total. The Morgan fingerprint density at radius 1 is 1.37 bits per heavy atom. The van der Waals surface area contributed by atoms with E-state index in [1.54, 1.807) is 32.2 Å². The predicted octanol–water partition coefficient (Wildman–Crippen LogP) is 3.49. The normalized spacial score (nSPS) is 12.7. The molecule has 0 aliphatic carbocycles. The van der Waals surface area contributed by atoms with Crippen molar-refractivity contribution in [3.05, 3.63) is 23.2 Å². The van der Waals surface area contributed by atoms with Gasteiger partial charge < -0.3 is 14.8 Å². The molecule has 19 heavy (non-hydrogen) atoms. The molecule has 0 bridgehead atoms. The van der Waals surface area contributed by atoms with E-state index in [2.05, 4.69) is 5.32 Å². The van der Waals surface area contributed by atoms with Crippen molar-refractivity contribution in [3.63, 3.8) is 0 Å². The van der Waals surface area contributed by atoms with Gasteiger partial charge >= 0.3 is 5.97 Å². The SMILES string of the molecule is COc1ccc(Cl)c(NC(C)C(=O)OC(C)(C)C)c1. The fraction of sp³-hybridized carbons (Fsp3) is 0.500. The molecule has 0 aliphatic heterocycles. The third-order valence-electron chi connectivity index (χ3n) is 2.31. The second-order valence-electron chi connectivity index (χ2n) is 5.25. The lowest BCUT2D eigenvalue weighted by molar-refractivity contribution is -0.155. The van der Waals surface area contributed by atoms with Crippen LogP contribution in [0.2, 0.25) is 5.02 Å². The van der Waals surface area contributed by atoms with E-state index in [9.17, 15) is 4.79 Å². The molecule has 1 atom stereocenters. The largest absolute Gasteiger partial charge is 0.497 e. The Morgan fingerprint density at radius 3 is 2.53 bits per heavy atom. The minimum Gasteiger partial charge on any atom is -0.497 e. The molecule has 1 aromatic rings. The van der Waals surface area contributed by atoms with Gasteiger partial charge in [0.15, 0.2) is 0 Å². The molecule has 1 N–H and O–H groups in total. The number of anilines is 1. The Kier molecular flexibility index (Phi) is 5.06.